The molecule has 4 N–H and O–H groups in total. The van der Waals surface area contributed by atoms with Crippen LogP contribution in [0.4, 0.5) is 0 Å². The molecule has 1 aromatic rings. The number of ether oxygens (including phenoxy) is 1. The van der Waals surface area contributed by atoms with E-state index in [0.717, 1.165) is 0 Å². The lowest BCUT2D eigenvalue weighted by atomic mass is 10.1. The first kappa shape index (κ1) is 15.0. The molecule has 0 saturated carbocycles. The molecule has 0 heterocycles. The van der Waals surface area contributed by atoms with Gasteiger partial charge in [-0.05, 0) is 26.0 Å². The highest BCUT2D eigenvalue weighted by Gasteiger charge is 2.15. The van der Waals surface area contributed by atoms with Gasteiger partial charge in [-0.15, -0.1) is 0 Å². The maximum atomic E-state index is 11.5. The number of amides is 2. The molecule has 6 nitrogen and oxygen atoms in total. The minimum absolute atomic E-state index is 0.118. The lowest BCUT2D eigenvalue weighted by Gasteiger charge is -2.17. The summed E-state index contributed by atoms with van der Waals surface area (Å²) in [6.45, 7) is 3.03. The summed E-state index contributed by atoms with van der Waals surface area (Å²) in [7, 11) is 0. The number of primary amides is 1. The third-order valence-corrected chi connectivity index (χ3v) is 2.23. The number of nitrogens with one attached hydrogen (secondary N) is 1. The zero-order valence-electron chi connectivity index (χ0n) is 11.0. The second-order valence-electron chi connectivity index (χ2n) is 4.74. The molecule has 6 heteroatoms. The molecule has 0 bridgehead atoms. The van der Waals surface area contributed by atoms with Crippen molar-refractivity contribution in [2.75, 3.05) is 13.2 Å². The molecule has 2 amide bonds. The molecule has 0 atom stereocenters. The number of carbonyl (C=O) groups is 2. The number of para-hydroxylation sites is 1. The van der Waals surface area contributed by atoms with Gasteiger partial charge in [-0.2, -0.15) is 0 Å². The molecule has 104 valence electrons. The van der Waals surface area contributed by atoms with Gasteiger partial charge in [0.05, 0.1) is 11.2 Å². The quantitative estimate of drug-likeness (QED) is 0.677. The molecule has 0 aliphatic heterocycles. The van der Waals surface area contributed by atoms with E-state index in [1.165, 1.54) is 6.07 Å². The summed E-state index contributed by atoms with van der Waals surface area (Å²) >= 11 is 0. The molecule has 0 aromatic heterocycles. The lowest BCUT2D eigenvalue weighted by molar-refractivity contribution is -0.124. The highest BCUT2D eigenvalue weighted by atomic mass is 16.5. The van der Waals surface area contributed by atoms with Crippen molar-refractivity contribution in [2.45, 2.75) is 19.4 Å². The lowest BCUT2D eigenvalue weighted by Crippen LogP contribution is -2.40. The molecule has 19 heavy (non-hydrogen) atoms. The highest BCUT2D eigenvalue weighted by molar-refractivity contribution is 5.95. The van der Waals surface area contributed by atoms with Crippen LogP contribution in [0, 0.1) is 0 Å². The Hall–Kier alpha value is -2.08. The third kappa shape index (κ3) is 5.39. The van der Waals surface area contributed by atoms with Crippen LogP contribution in [0.3, 0.4) is 0 Å². The molecule has 0 unspecified atom stereocenters. The molecule has 0 aliphatic carbocycles. The number of aliphatic hydroxyl groups is 1. The Labute approximate surface area is 111 Å². The Morgan fingerprint density at radius 3 is 2.58 bits per heavy atom. The second kappa shape index (κ2) is 6.19. The molecular formula is C13H18N2O4. The fourth-order valence-corrected chi connectivity index (χ4v) is 1.31. The van der Waals surface area contributed by atoms with Crippen LogP contribution >= 0.6 is 0 Å². The van der Waals surface area contributed by atoms with Crippen LogP contribution < -0.4 is 15.8 Å². The zero-order valence-corrected chi connectivity index (χ0v) is 11.0. The van der Waals surface area contributed by atoms with E-state index in [1.54, 1.807) is 32.0 Å². The second-order valence-corrected chi connectivity index (χ2v) is 4.74. The average molecular weight is 266 g/mol. The molecular weight excluding hydrogens is 248 g/mol. The largest absolute Gasteiger partial charge is 0.483 e. The van der Waals surface area contributed by atoms with E-state index in [2.05, 4.69) is 5.32 Å². The van der Waals surface area contributed by atoms with Crippen molar-refractivity contribution in [1.82, 2.24) is 5.32 Å². The smallest absolute Gasteiger partial charge is 0.258 e. The summed E-state index contributed by atoms with van der Waals surface area (Å²) in [4.78, 5) is 22.6. The predicted octanol–water partition coefficient (Wildman–Crippen LogP) is 0.0514. The highest BCUT2D eigenvalue weighted by Crippen LogP contribution is 2.16. The first-order valence-corrected chi connectivity index (χ1v) is 5.80. The molecule has 0 aliphatic rings. The van der Waals surface area contributed by atoms with E-state index in [4.69, 9.17) is 10.5 Å². The van der Waals surface area contributed by atoms with Gasteiger partial charge in [0, 0.05) is 6.54 Å². The summed E-state index contributed by atoms with van der Waals surface area (Å²) in [6, 6.07) is 6.41. The first-order valence-electron chi connectivity index (χ1n) is 5.80. The van der Waals surface area contributed by atoms with Crippen LogP contribution in [0.1, 0.15) is 24.2 Å². The van der Waals surface area contributed by atoms with Crippen molar-refractivity contribution in [1.29, 1.82) is 0 Å². The summed E-state index contributed by atoms with van der Waals surface area (Å²) in [5, 5.41) is 12.0. The predicted molar refractivity (Wildman–Crippen MR) is 69.8 cm³/mol. The minimum atomic E-state index is -0.985. The van der Waals surface area contributed by atoms with Gasteiger partial charge in [-0.3, -0.25) is 9.59 Å². The maximum absolute atomic E-state index is 11.5. The summed E-state index contributed by atoms with van der Waals surface area (Å²) in [5.41, 5.74) is 4.42. The Kier molecular flexibility index (Phi) is 4.88. The SMILES string of the molecule is CC(C)(O)CNC(=O)COc1ccccc1C(N)=O. The van der Waals surface area contributed by atoms with Crippen molar-refractivity contribution in [3.8, 4) is 5.75 Å². The minimum Gasteiger partial charge on any atom is -0.483 e. The fourth-order valence-electron chi connectivity index (χ4n) is 1.31. The van der Waals surface area contributed by atoms with E-state index in [1.807, 2.05) is 0 Å². The maximum Gasteiger partial charge on any atom is 0.258 e. The molecule has 1 aromatic carbocycles. The van der Waals surface area contributed by atoms with Crippen LogP contribution in [0.5, 0.6) is 5.75 Å². The number of rotatable bonds is 6. The molecule has 0 saturated heterocycles. The van der Waals surface area contributed by atoms with E-state index in [-0.39, 0.29) is 30.4 Å². The topological polar surface area (TPSA) is 102 Å². The Morgan fingerprint density at radius 2 is 2.00 bits per heavy atom. The van der Waals surface area contributed by atoms with Gasteiger partial charge in [0.2, 0.25) is 0 Å². The van der Waals surface area contributed by atoms with Crippen LogP contribution in [-0.2, 0) is 4.79 Å². The monoisotopic (exact) mass is 266 g/mol. The summed E-state index contributed by atoms with van der Waals surface area (Å²) < 4.78 is 5.23. The van der Waals surface area contributed by atoms with Crippen molar-refractivity contribution < 1.29 is 19.4 Å². The van der Waals surface area contributed by atoms with E-state index in [9.17, 15) is 14.7 Å². The van der Waals surface area contributed by atoms with Gasteiger partial charge in [0.15, 0.2) is 6.61 Å². The normalized spacial score (nSPS) is 10.9. The van der Waals surface area contributed by atoms with Crippen LogP contribution in [0.25, 0.3) is 0 Å². The fraction of sp³-hybridized carbons (Fsp3) is 0.385. The number of benzene rings is 1. The summed E-state index contributed by atoms with van der Waals surface area (Å²) in [5.74, 6) is -0.748. The van der Waals surface area contributed by atoms with Gasteiger partial charge in [0.25, 0.3) is 11.8 Å². The summed E-state index contributed by atoms with van der Waals surface area (Å²) in [6.07, 6.45) is 0. The Bertz CT molecular complexity index is 466. The number of carbonyl (C=O) groups excluding carboxylic acids is 2. The van der Waals surface area contributed by atoms with Crippen molar-refractivity contribution in [3.63, 3.8) is 0 Å². The Balaban J connectivity index is 2.53. The van der Waals surface area contributed by atoms with Gasteiger partial charge >= 0.3 is 0 Å². The molecule has 1 rings (SSSR count). The van der Waals surface area contributed by atoms with E-state index >= 15 is 0 Å². The molecule has 0 radical (unpaired) electrons. The molecule has 0 spiro atoms. The number of hydrogen-bond acceptors (Lipinski definition) is 4. The average Bonchev–Trinajstić information content (AvgIpc) is 2.33. The van der Waals surface area contributed by atoms with Crippen LogP contribution in [-0.4, -0.2) is 35.7 Å². The number of hydrogen-bond donors (Lipinski definition) is 3. The van der Waals surface area contributed by atoms with Crippen molar-refractivity contribution in [3.05, 3.63) is 29.8 Å². The van der Waals surface area contributed by atoms with Gasteiger partial charge in [0.1, 0.15) is 5.75 Å². The van der Waals surface area contributed by atoms with Crippen LogP contribution in [0.2, 0.25) is 0 Å². The third-order valence-electron chi connectivity index (χ3n) is 2.23. The van der Waals surface area contributed by atoms with Gasteiger partial charge in [-0.25, -0.2) is 0 Å². The molecule has 0 fully saturated rings. The Morgan fingerprint density at radius 1 is 1.37 bits per heavy atom. The zero-order chi connectivity index (χ0) is 14.5. The standard InChI is InChI=1S/C13H18N2O4/c1-13(2,18)8-15-11(16)7-19-10-6-4-3-5-9(10)12(14)17/h3-6,18H,7-8H2,1-2H3,(H2,14,17)(H,15,16). The van der Waals surface area contributed by atoms with Crippen LogP contribution in [0.15, 0.2) is 24.3 Å². The van der Waals surface area contributed by atoms with E-state index in [0.29, 0.717) is 0 Å². The first-order chi connectivity index (χ1) is 8.79. The van der Waals surface area contributed by atoms with Crippen molar-refractivity contribution >= 4 is 11.8 Å². The van der Waals surface area contributed by atoms with E-state index < -0.39 is 11.5 Å². The number of nitrogens with two attached hydrogens (primary N) is 1. The van der Waals surface area contributed by atoms with Gasteiger partial charge < -0.3 is 20.9 Å². The van der Waals surface area contributed by atoms with Crippen molar-refractivity contribution in [2.24, 2.45) is 5.73 Å². The van der Waals surface area contributed by atoms with Gasteiger partial charge in [-0.1, -0.05) is 12.1 Å².